The fourth-order valence-corrected chi connectivity index (χ4v) is 8.42. The van der Waals surface area contributed by atoms with Crippen LogP contribution in [0.15, 0.2) is 224 Å². The Kier molecular flexibility index (Phi) is 8.38. The zero-order valence-corrected chi connectivity index (χ0v) is 30.7. The third-order valence-electron chi connectivity index (χ3n) is 10.9. The van der Waals surface area contributed by atoms with Crippen LogP contribution >= 0.6 is 0 Å². The number of rotatable bonds is 7. The third kappa shape index (κ3) is 5.69. The molecule has 9 aromatic rings. The van der Waals surface area contributed by atoms with Gasteiger partial charge in [0.1, 0.15) is 0 Å². The van der Waals surface area contributed by atoms with Gasteiger partial charge >= 0.3 is 0 Å². The minimum Gasteiger partial charge on any atom is -0.310 e. The van der Waals surface area contributed by atoms with Gasteiger partial charge in [0.25, 0.3) is 0 Å². The zero-order valence-electron chi connectivity index (χ0n) is 30.7. The number of aromatic nitrogens is 2. The highest BCUT2D eigenvalue weighted by molar-refractivity contribution is 5.91. The number of fused-ring (bicyclic) bond motifs is 2. The van der Waals surface area contributed by atoms with Crippen molar-refractivity contribution >= 4 is 17.1 Å². The molecule has 0 saturated heterocycles. The van der Waals surface area contributed by atoms with Crippen molar-refractivity contribution in [3.05, 3.63) is 247 Å². The lowest BCUT2D eigenvalue weighted by Crippen LogP contribution is -2.37. The van der Waals surface area contributed by atoms with Crippen LogP contribution in [0.25, 0.3) is 45.0 Å². The quantitative estimate of drug-likeness (QED) is 0.164. The first kappa shape index (κ1) is 33.2. The number of hydrogen-bond acceptors (Lipinski definition) is 3. The SMILES string of the molecule is c1ccc(-c2cc(-c3ccccc3)nc(-c3cccc(-c4ccc5c(c4)C(c4ccccc4)(c4ccccc4)c4ccccc4N5c4ccccc4)c3)n2)cc1. The van der Waals surface area contributed by atoms with Crippen LogP contribution in [0.3, 0.4) is 0 Å². The van der Waals surface area contributed by atoms with E-state index < -0.39 is 5.41 Å². The fourth-order valence-electron chi connectivity index (χ4n) is 8.42. The van der Waals surface area contributed by atoms with Crippen molar-refractivity contribution in [1.29, 1.82) is 0 Å². The molecule has 3 nitrogen and oxygen atoms in total. The summed E-state index contributed by atoms with van der Waals surface area (Å²) in [5.41, 5.74) is 14.8. The lowest BCUT2D eigenvalue weighted by atomic mass is 9.62. The molecule has 0 aliphatic carbocycles. The van der Waals surface area contributed by atoms with E-state index in [1.165, 1.54) is 27.9 Å². The van der Waals surface area contributed by atoms with E-state index in [9.17, 15) is 0 Å². The van der Waals surface area contributed by atoms with Gasteiger partial charge in [0.2, 0.25) is 0 Å². The van der Waals surface area contributed by atoms with E-state index in [1.807, 2.05) is 12.1 Å². The molecular weight excluding hydrogens is 679 g/mol. The van der Waals surface area contributed by atoms with Gasteiger partial charge in [-0.1, -0.05) is 182 Å². The highest BCUT2D eigenvalue weighted by atomic mass is 15.2. The van der Waals surface area contributed by atoms with E-state index >= 15 is 0 Å². The topological polar surface area (TPSA) is 29.0 Å². The standard InChI is InChI=1S/C53H37N3/c1-6-19-38(20-7-1)48-37-49(39-21-8-2-9-22-39)55-52(54-48)42-24-18-23-40(35-42)41-33-34-51-47(36-41)53(43-25-10-3-11-26-43,44-27-12-4-13-28-44)46-31-16-17-32-50(46)56(51)45-29-14-5-15-30-45/h1-37H. The summed E-state index contributed by atoms with van der Waals surface area (Å²) in [6.45, 7) is 0. The van der Waals surface area contributed by atoms with Crippen molar-refractivity contribution in [3.63, 3.8) is 0 Å². The molecule has 0 spiro atoms. The number of benzene rings is 8. The van der Waals surface area contributed by atoms with Crippen molar-refractivity contribution in [2.75, 3.05) is 4.90 Å². The highest BCUT2D eigenvalue weighted by Crippen LogP contribution is 2.58. The molecule has 2 heterocycles. The maximum atomic E-state index is 5.16. The highest BCUT2D eigenvalue weighted by Gasteiger charge is 2.46. The molecule has 0 atom stereocenters. The number of anilines is 3. The average molecular weight is 716 g/mol. The van der Waals surface area contributed by atoms with Crippen LogP contribution in [0, 0.1) is 0 Å². The predicted molar refractivity (Wildman–Crippen MR) is 230 cm³/mol. The van der Waals surface area contributed by atoms with E-state index in [4.69, 9.17) is 9.97 Å². The molecule has 1 aromatic heterocycles. The van der Waals surface area contributed by atoms with Crippen molar-refractivity contribution < 1.29 is 0 Å². The molecule has 0 amide bonds. The smallest absolute Gasteiger partial charge is 0.160 e. The molecule has 0 radical (unpaired) electrons. The minimum absolute atomic E-state index is 0.592. The molecule has 8 aromatic carbocycles. The molecule has 1 aliphatic rings. The van der Waals surface area contributed by atoms with Crippen molar-refractivity contribution in [2.24, 2.45) is 0 Å². The zero-order chi connectivity index (χ0) is 37.3. The molecule has 264 valence electrons. The summed E-state index contributed by atoms with van der Waals surface area (Å²) in [6, 6.07) is 80.0. The van der Waals surface area contributed by atoms with Gasteiger partial charge < -0.3 is 4.90 Å². The van der Waals surface area contributed by atoms with Gasteiger partial charge in [0.15, 0.2) is 5.82 Å². The maximum Gasteiger partial charge on any atom is 0.160 e. The van der Waals surface area contributed by atoms with Gasteiger partial charge in [-0.2, -0.15) is 0 Å². The molecule has 0 unspecified atom stereocenters. The first-order valence-corrected chi connectivity index (χ1v) is 19.1. The molecular formula is C53H37N3. The normalized spacial score (nSPS) is 12.8. The van der Waals surface area contributed by atoms with E-state index in [2.05, 4.69) is 217 Å². The van der Waals surface area contributed by atoms with Crippen molar-refractivity contribution in [2.45, 2.75) is 5.41 Å². The van der Waals surface area contributed by atoms with Crippen LogP contribution in [0.2, 0.25) is 0 Å². The average Bonchev–Trinajstić information content (AvgIpc) is 3.29. The van der Waals surface area contributed by atoms with E-state index in [0.29, 0.717) is 5.82 Å². The Morgan fingerprint density at radius 1 is 0.321 bits per heavy atom. The number of hydrogen-bond donors (Lipinski definition) is 0. The Morgan fingerprint density at radius 3 is 1.39 bits per heavy atom. The first-order valence-electron chi connectivity index (χ1n) is 19.1. The second-order valence-corrected chi connectivity index (χ2v) is 14.2. The van der Waals surface area contributed by atoms with Gasteiger partial charge in [0, 0.05) is 22.4 Å². The lowest BCUT2D eigenvalue weighted by Gasteiger charge is -2.46. The van der Waals surface area contributed by atoms with Crippen LogP contribution in [0.1, 0.15) is 22.3 Å². The Hall–Kier alpha value is -7.36. The summed E-state index contributed by atoms with van der Waals surface area (Å²) in [6.07, 6.45) is 0. The molecule has 10 rings (SSSR count). The Balaban J connectivity index is 1.20. The van der Waals surface area contributed by atoms with Crippen LogP contribution in [0.4, 0.5) is 17.1 Å². The van der Waals surface area contributed by atoms with E-state index in [-0.39, 0.29) is 0 Å². The van der Waals surface area contributed by atoms with Crippen LogP contribution < -0.4 is 4.90 Å². The largest absolute Gasteiger partial charge is 0.310 e. The molecule has 0 fully saturated rings. The summed E-state index contributed by atoms with van der Waals surface area (Å²) >= 11 is 0. The lowest BCUT2D eigenvalue weighted by molar-refractivity contribution is 0.731. The molecule has 0 N–H and O–H groups in total. The van der Waals surface area contributed by atoms with Gasteiger partial charge in [-0.05, 0) is 75.8 Å². The number of para-hydroxylation sites is 2. The first-order chi connectivity index (χ1) is 27.8. The van der Waals surface area contributed by atoms with Gasteiger partial charge in [-0.15, -0.1) is 0 Å². The molecule has 0 saturated carbocycles. The molecule has 0 bridgehead atoms. The monoisotopic (exact) mass is 715 g/mol. The van der Waals surface area contributed by atoms with Crippen molar-refractivity contribution in [1.82, 2.24) is 9.97 Å². The second-order valence-electron chi connectivity index (χ2n) is 14.2. The molecule has 1 aliphatic heterocycles. The Labute approximate surface area is 327 Å². The van der Waals surface area contributed by atoms with Crippen molar-refractivity contribution in [3.8, 4) is 45.0 Å². The van der Waals surface area contributed by atoms with Gasteiger partial charge in [0.05, 0.1) is 28.2 Å². The van der Waals surface area contributed by atoms with Gasteiger partial charge in [-0.25, -0.2) is 9.97 Å². The van der Waals surface area contributed by atoms with E-state index in [1.54, 1.807) is 0 Å². The Bertz CT molecular complexity index is 2690. The third-order valence-corrected chi connectivity index (χ3v) is 10.9. The summed E-state index contributed by atoms with van der Waals surface area (Å²) in [4.78, 5) is 12.7. The summed E-state index contributed by atoms with van der Waals surface area (Å²) < 4.78 is 0. The fraction of sp³-hybridized carbons (Fsp3) is 0.0189. The minimum atomic E-state index is -0.592. The predicted octanol–water partition coefficient (Wildman–Crippen LogP) is 13.3. The van der Waals surface area contributed by atoms with Gasteiger partial charge in [-0.3, -0.25) is 0 Å². The number of nitrogens with zero attached hydrogens (tertiary/aromatic N) is 3. The summed E-state index contributed by atoms with van der Waals surface area (Å²) in [7, 11) is 0. The van der Waals surface area contributed by atoms with Crippen LogP contribution in [0.5, 0.6) is 0 Å². The Morgan fingerprint density at radius 2 is 0.786 bits per heavy atom. The second kappa shape index (κ2) is 14.1. The molecule has 3 heteroatoms. The summed E-state index contributed by atoms with van der Waals surface area (Å²) in [5.74, 6) is 0.692. The van der Waals surface area contributed by atoms with Crippen LogP contribution in [-0.4, -0.2) is 9.97 Å². The van der Waals surface area contributed by atoms with E-state index in [0.717, 1.165) is 50.6 Å². The maximum absolute atomic E-state index is 5.16. The summed E-state index contributed by atoms with van der Waals surface area (Å²) in [5, 5.41) is 0. The molecule has 56 heavy (non-hydrogen) atoms. The van der Waals surface area contributed by atoms with Crippen LogP contribution in [-0.2, 0) is 5.41 Å².